The number of ketones is 1. The summed E-state index contributed by atoms with van der Waals surface area (Å²) in [6.07, 6.45) is 4.69. The highest BCUT2D eigenvalue weighted by molar-refractivity contribution is 5.87. The van der Waals surface area contributed by atoms with Crippen LogP contribution in [0.15, 0.2) is 12.2 Å². The molecule has 0 spiro atoms. The molecule has 11 heavy (non-hydrogen) atoms. The van der Waals surface area contributed by atoms with E-state index in [1.165, 1.54) is 0 Å². The van der Waals surface area contributed by atoms with E-state index in [0.717, 1.165) is 6.42 Å². The van der Waals surface area contributed by atoms with Gasteiger partial charge in [-0.3, -0.25) is 4.79 Å². The average Bonchev–Trinajstić information content (AvgIpc) is 2.59. The van der Waals surface area contributed by atoms with Crippen molar-refractivity contribution in [2.45, 2.75) is 38.9 Å². The van der Waals surface area contributed by atoms with E-state index < -0.39 is 0 Å². The topological polar surface area (TPSA) is 29.6 Å². The summed E-state index contributed by atoms with van der Waals surface area (Å²) in [7, 11) is 0. The Kier molecular flexibility index (Phi) is 2.14. The third-order valence-electron chi connectivity index (χ3n) is 2.18. The molecule has 0 aromatic carbocycles. The van der Waals surface area contributed by atoms with Crippen molar-refractivity contribution < 1.29 is 9.53 Å². The number of rotatable bonds is 3. The van der Waals surface area contributed by atoms with Crippen LogP contribution < -0.4 is 0 Å². The van der Waals surface area contributed by atoms with Crippen LogP contribution >= 0.6 is 0 Å². The molecule has 2 atom stereocenters. The average molecular weight is 154 g/mol. The number of carbonyl (C=O) groups excluding carboxylic acids is 1. The van der Waals surface area contributed by atoms with Crippen LogP contribution in [0, 0.1) is 0 Å². The molecule has 1 aliphatic rings. The third-order valence-corrected chi connectivity index (χ3v) is 2.18. The molecule has 1 aliphatic heterocycles. The Morgan fingerprint density at radius 3 is 2.55 bits per heavy atom. The molecule has 0 bridgehead atoms. The van der Waals surface area contributed by atoms with Gasteiger partial charge in [0.15, 0.2) is 5.78 Å². The summed E-state index contributed by atoms with van der Waals surface area (Å²) < 4.78 is 5.36. The number of hydrogen-bond acceptors (Lipinski definition) is 2. The first-order valence-electron chi connectivity index (χ1n) is 3.98. The van der Waals surface area contributed by atoms with Crippen LogP contribution in [-0.4, -0.2) is 17.5 Å². The molecule has 2 heteroatoms. The number of carbonyl (C=O) groups is 1. The van der Waals surface area contributed by atoms with Gasteiger partial charge >= 0.3 is 0 Å². The molecule has 1 rings (SSSR count). The summed E-state index contributed by atoms with van der Waals surface area (Å²) in [6, 6.07) is 0. The van der Waals surface area contributed by atoms with E-state index in [2.05, 4.69) is 6.92 Å². The second-order valence-corrected chi connectivity index (χ2v) is 3.01. The molecule has 0 saturated carbocycles. The number of hydrogen-bond donors (Lipinski definition) is 0. The predicted molar refractivity (Wildman–Crippen MR) is 43.4 cm³/mol. The molecule has 0 aromatic rings. The van der Waals surface area contributed by atoms with Crippen molar-refractivity contribution in [3.63, 3.8) is 0 Å². The van der Waals surface area contributed by atoms with Gasteiger partial charge in [0, 0.05) is 0 Å². The molecular weight excluding hydrogens is 140 g/mol. The third kappa shape index (κ3) is 1.69. The summed E-state index contributed by atoms with van der Waals surface area (Å²) in [4.78, 5) is 10.6. The van der Waals surface area contributed by atoms with E-state index in [1.54, 1.807) is 13.0 Å². The van der Waals surface area contributed by atoms with Crippen LogP contribution in [0.25, 0.3) is 0 Å². The van der Waals surface area contributed by atoms with E-state index in [1.807, 2.05) is 13.0 Å². The molecule has 0 aliphatic carbocycles. The zero-order valence-electron chi connectivity index (χ0n) is 7.26. The molecule has 0 amide bonds. The first-order valence-corrected chi connectivity index (χ1v) is 3.98. The van der Waals surface area contributed by atoms with Gasteiger partial charge in [-0.25, -0.2) is 0 Å². The molecule has 1 heterocycles. The fraction of sp³-hybridized carbons (Fsp3) is 0.667. The summed E-state index contributed by atoms with van der Waals surface area (Å²) in [5.74, 6) is 0.0838. The highest BCUT2D eigenvalue weighted by Gasteiger charge is 2.49. The summed E-state index contributed by atoms with van der Waals surface area (Å²) in [6.45, 7) is 5.63. The Hall–Kier alpha value is -0.630. The molecule has 2 nitrogen and oxygen atoms in total. The van der Waals surface area contributed by atoms with Gasteiger partial charge in [-0.1, -0.05) is 6.92 Å². The van der Waals surface area contributed by atoms with Gasteiger partial charge in [-0.2, -0.15) is 0 Å². The van der Waals surface area contributed by atoms with Gasteiger partial charge < -0.3 is 4.74 Å². The fourth-order valence-corrected chi connectivity index (χ4v) is 1.22. The minimum absolute atomic E-state index is 0.0838. The van der Waals surface area contributed by atoms with Crippen LogP contribution in [0.3, 0.4) is 0 Å². The molecule has 1 saturated heterocycles. The van der Waals surface area contributed by atoms with Crippen LogP contribution in [0.4, 0.5) is 0 Å². The lowest BCUT2D eigenvalue weighted by molar-refractivity contribution is -0.112. The molecule has 0 radical (unpaired) electrons. The van der Waals surface area contributed by atoms with Gasteiger partial charge in [0.2, 0.25) is 0 Å². The monoisotopic (exact) mass is 154 g/mol. The maximum atomic E-state index is 10.6. The Morgan fingerprint density at radius 2 is 2.27 bits per heavy atom. The molecule has 62 valence electrons. The first kappa shape index (κ1) is 8.47. The van der Waals surface area contributed by atoms with Gasteiger partial charge in [0.1, 0.15) is 5.60 Å². The number of allylic oxidation sites excluding steroid dienone is 1. The lowest BCUT2D eigenvalue weighted by Gasteiger charge is -1.99. The first-order chi connectivity index (χ1) is 5.10. The zero-order valence-corrected chi connectivity index (χ0v) is 7.26. The van der Waals surface area contributed by atoms with Gasteiger partial charge in [0.25, 0.3) is 0 Å². The Morgan fingerprint density at radius 1 is 1.73 bits per heavy atom. The SMILES string of the molecule is CCC1(C=CC(C)=O)OC1C. The van der Waals surface area contributed by atoms with E-state index >= 15 is 0 Å². The minimum atomic E-state index is -0.119. The standard InChI is InChI=1S/C9H14O2/c1-4-9(8(3)11-9)6-5-7(2)10/h5-6,8H,4H2,1-3H3. The van der Waals surface area contributed by atoms with Crippen molar-refractivity contribution in [2.24, 2.45) is 0 Å². The summed E-state index contributed by atoms with van der Waals surface area (Å²) >= 11 is 0. The van der Waals surface area contributed by atoms with E-state index in [9.17, 15) is 4.79 Å². The molecule has 1 fully saturated rings. The Labute approximate surface area is 67.2 Å². The fourth-order valence-electron chi connectivity index (χ4n) is 1.22. The number of epoxide rings is 1. The summed E-state index contributed by atoms with van der Waals surface area (Å²) in [5.41, 5.74) is -0.119. The van der Waals surface area contributed by atoms with Crippen LogP contribution in [-0.2, 0) is 9.53 Å². The smallest absolute Gasteiger partial charge is 0.152 e. The van der Waals surface area contributed by atoms with Gasteiger partial charge in [-0.05, 0) is 32.4 Å². The Bertz CT molecular complexity index is 192. The van der Waals surface area contributed by atoms with E-state index in [4.69, 9.17) is 4.74 Å². The molecule has 0 aromatic heterocycles. The summed E-state index contributed by atoms with van der Waals surface area (Å²) in [5, 5.41) is 0. The van der Waals surface area contributed by atoms with Crippen LogP contribution in [0.5, 0.6) is 0 Å². The normalized spacial score (nSPS) is 36.1. The van der Waals surface area contributed by atoms with E-state index in [0.29, 0.717) is 0 Å². The van der Waals surface area contributed by atoms with Crippen molar-refractivity contribution in [3.05, 3.63) is 12.2 Å². The molecular formula is C9H14O2. The van der Waals surface area contributed by atoms with Crippen LogP contribution in [0.2, 0.25) is 0 Å². The van der Waals surface area contributed by atoms with Gasteiger partial charge in [0.05, 0.1) is 6.10 Å². The zero-order chi connectivity index (χ0) is 8.48. The van der Waals surface area contributed by atoms with Crippen molar-refractivity contribution in [1.82, 2.24) is 0 Å². The highest BCUT2D eigenvalue weighted by atomic mass is 16.6. The maximum Gasteiger partial charge on any atom is 0.152 e. The van der Waals surface area contributed by atoms with Crippen molar-refractivity contribution in [1.29, 1.82) is 0 Å². The minimum Gasteiger partial charge on any atom is -0.362 e. The predicted octanol–water partition coefficient (Wildman–Crippen LogP) is 1.70. The van der Waals surface area contributed by atoms with Crippen molar-refractivity contribution in [2.75, 3.05) is 0 Å². The second kappa shape index (κ2) is 2.78. The lowest BCUT2D eigenvalue weighted by Crippen LogP contribution is -2.08. The lowest BCUT2D eigenvalue weighted by atomic mass is 10.0. The highest BCUT2D eigenvalue weighted by Crippen LogP contribution is 2.40. The largest absolute Gasteiger partial charge is 0.362 e. The van der Waals surface area contributed by atoms with Crippen LogP contribution in [0.1, 0.15) is 27.2 Å². The number of ether oxygens (including phenoxy) is 1. The van der Waals surface area contributed by atoms with Gasteiger partial charge in [-0.15, -0.1) is 0 Å². The van der Waals surface area contributed by atoms with Crippen molar-refractivity contribution >= 4 is 5.78 Å². The molecule has 0 N–H and O–H groups in total. The Balaban J connectivity index is 2.54. The quantitative estimate of drug-likeness (QED) is 0.457. The maximum absolute atomic E-state index is 10.6. The second-order valence-electron chi connectivity index (χ2n) is 3.01. The van der Waals surface area contributed by atoms with E-state index in [-0.39, 0.29) is 17.5 Å². The molecule has 2 unspecified atom stereocenters. The van der Waals surface area contributed by atoms with Crippen molar-refractivity contribution in [3.8, 4) is 0 Å².